The third-order valence-corrected chi connectivity index (χ3v) is 4.14. The number of guanidine groups is 1. The molecule has 0 bridgehead atoms. The number of hydrogen-bond donors (Lipinski definition) is 2. The normalized spacial score (nSPS) is 18.8. The molecule has 23 heavy (non-hydrogen) atoms. The van der Waals surface area contributed by atoms with Crippen LogP contribution >= 0.6 is 0 Å². The van der Waals surface area contributed by atoms with Gasteiger partial charge in [0, 0.05) is 32.7 Å². The van der Waals surface area contributed by atoms with Crippen molar-refractivity contribution in [2.75, 3.05) is 26.2 Å². The number of aliphatic imine (C=N–C) groups is 1. The van der Waals surface area contributed by atoms with E-state index in [1.807, 2.05) is 24.5 Å². The molecule has 0 spiro atoms. The van der Waals surface area contributed by atoms with E-state index in [1.165, 1.54) is 5.52 Å². The van der Waals surface area contributed by atoms with Crippen molar-refractivity contribution in [1.29, 1.82) is 0 Å². The summed E-state index contributed by atoms with van der Waals surface area (Å²) in [4.78, 5) is 11.2. The Morgan fingerprint density at radius 1 is 1.43 bits per heavy atom. The maximum absolute atomic E-state index is 9.68. The van der Waals surface area contributed by atoms with Gasteiger partial charge in [0.1, 0.15) is 0 Å². The standard InChI is InChI=1S/C17H25N5O/c1-2-18-17(21-11-8-14(23)12-21)19-9-5-10-22-13-20-15-6-3-4-7-16(15)22/h3-4,6-7,13-14,23H,2,5,8-12H2,1H3,(H,18,19)/t14-/m1/s1. The number of benzene rings is 1. The van der Waals surface area contributed by atoms with Crippen LogP contribution in [0.2, 0.25) is 0 Å². The smallest absolute Gasteiger partial charge is 0.194 e. The summed E-state index contributed by atoms with van der Waals surface area (Å²) >= 11 is 0. The van der Waals surface area contributed by atoms with Gasteiger partial charge in [0.05, 0.1) is 23.5 Å². The number of aryl methyl sites for hydroxylation is 1. The molecule has 0 radical (unpaired) electrons. The van der Waals surface area contributed by atoms with E-state index in [9.17, 15) is 5.11 Å². The van der Waals surface area contributed by atoms with Crippen molar-refractivity contribution in [1.82, 2.24) is 19.8 Å². The molecule has 6 nitrogen and oxygen atoms in total. The van der Waals surface area contributed by atoms with Crippen LogP contribution in [-0.2, 0) is 6.54 Å². The first-order valence-corrected chi connectivity index (χ1v) is 8.39. The molecule has 2 aromatic rings. The predicted molar refractivity (Wildman–Crippen MR) is 92.5 cm³/mol. The van der Waals surface area contributed by atoms with Crippen LogP contribution in [0, 0.1) is 0 Å². The van der Waals surface area contributed by atoms with Gasteiger partial charge in [-0.3, -0.25) is 4.99 Å². The van der Waals surface area contributed by atoms with Crippen molar-refractivity contribution in [3.63, 3.8) is 0 Å². The second-order valence-corrected chi connectivity index (χ2v) is 5.90. The molecule has 3 rings (SSSR count). The van der Waals surface area contributed by atoms with E-state index in [4.69, 9.17) is 4.99 Å². The van der Waals surface area contributed by atoms with E-state index in [0.29, 0.717) is 6.54 Å². The quantitative estimate of drug-likeness (QED) is 0.498. The Labute approximate surface area is 136 Å². The largest absolute Gasteiger partial charge is 0.391 e. The van der Waals surface area contributed by atoms with Crippen molar-refractivity contribution >= 4 is 17.0 Å². The van der Waals surface area contributed by atoms with Gasteiger partial charge in [0.15, 0.2) is 5.96 Å². The van der Waals surface area contributed by atoms with Gasteiger partial charge < -0.3 is 19.9 Å². The zero-order valence-corrected chi connectivity index (χ0v) is 13.6. The lowest BCUT2D eigenvalue weighted by molar-refractivity contribution is 0.188. The molecule has 1 atom stereocenters. The molecule has 0 aliphatic carbocycles. The van der Waals surface area contributed by atoms with Crippen molar-refractivity contribution in [2.24, 2.45) is 4.99 Å². The fourth-order valence-electron chi connectivity index (χ4n) is 2.97. The highest BCUT2D eigenvalue weighted by atomic mass is 16.3. The van der Waals surface area contributed by atoms with Gasteiger partial charge in [-0.25, -0.2) is 4.98 Å². The highest BCUT2D eigenvalue weighted by Crippen LogP contribution is 2.12. The Kier molecular flexibility index (Phi) is 5.12. The zero-order valence-electron chi connectivity index (χ0n) is 13.6. The molecule has 1 saturated heterocycles. The minimum Gasteiger partial charge on any atom is -0.391 e. The minimum atomic E-state index is -0.226. The van der Waals surface area contributed by atoms with Crippen LogP contribution in [0.5, 0.6) is 0 Å². The monoisotopic (exact) mass is 315 g/mol. The number of rotatable bonds is 5. The molecular weight excluding hydrogens is 290 g/mol. The number of imidazole rings is 1. The van der Waals surface area contributed by atoms with Gasteiger partial charge in [-0.15, -0.1) is 0 Å². The van der Waals surface area contributed by atoms with E-state index in [1.54, 1.807) is 0 Å². The number of para-hydroxylation sites is 2. The lowest BCUT2D eigenvalue weighted by atomic mass is 10.3. The van der Waals surface area contributed by atoms with Crippen LogP contribution in [-0.4, -0.2) is 57.8 Å². The number of aliphatic hydroxyl groups is 1. The lowest BCUT2D eigenvalue weighted by Crippen LogP contribution is -2.40. The van der Waals surface area contributed by atoms with Gasteiger partial charge in [-0.1, -0.05) is 12.1 Å². The first-order chi connectivity index (χ1) is 11.3. The number of fused-ring (bicyclic) bond motifs is 1. The zero-order chi connectivity index (χ0) is 16.1. The molecule has 1 aromatic heterocycles. The Bertz CT molecular complexity index is 666. The lowest BCUT2D eigenvalue weighted by Gasteiger charge is -2.20. The Morgan fingerprint density at radius 2 is 2.30 bits per heavy atom. The van der Waals surface area contributed by atoms with Crippen molar-refractivity contribution in [3.8, 4) is 0 Å². The second kappa shape index (κ2) is 7.46. The molecule has 0 amide bonds. The molecule has 2 N–H and O–H groups in total. The number of nitrogens with zero attached hydrogens (tertiary/aromatic N) is 4. The fraction of sp³-hybridized carbons (Fsp3) is 0.529. The van der Waals surface area contributed by atoms with Crippen LogP contribution in [0.1, 0.15) is 19.8 Å². The SMILES string of the molecule is CCNC(=NCCCn1cnc2ccccc21)N1CC[C@@H](O)C1. The maximum atomic E-state index is 9.68. The Balaban J connectivity index is 1.56. The highest BCUT2D eigenvalue weighted by molar-refractivity contribution is 5.80. The van der Waals surface area contributed by atoms with Gasteiger partial charge >= 0.3 is 0 Å². The van der Waals surface area contributed by atoms with Gasteiger partial charge in [-0.2, -0.15) is 0 Å². The summed E-state index contributed by atoms with van der Waals surface area (Å²) in [6.45, 7) is 6.14. The predicted octanol–water partition coefficient (Wildman–Crippen LogP) is 1.46. The van der Waals surface area contributed by atoms with Crippen molar-refractivity contribution in [2.45, 2.75) is 32.4 Å². The maximum Gasteiger partial charge on any atom is 0.194 e. The number of aliphatic hydroxyl groups excluding tert-OH is 1. The number of hydrogen-bond acceptors (Lipinski definition) is 3. The Hall–Kier alpha value is -2.08. The topological polar surface area (TPSA) is 65.7 Å². The summed E-state index contributed by atoms with van der Waals surface area (Å²) in [6.07, 6.45) is 3.46. The summed E-state index contributed by atoms with van der Waals surface area (Å²) < 4.78 is 2.18. The van der Waals surface area contributed by atoms with Gasteiger partial charge in [0.25, 0.3) is 0 Å². The number of aromatic nitrogens is 2. The molecule has 6 heteroatoms. The third-order valence-electron chi connectivity index (χ3n) is 4.14. The third kappa shape index (κ3) is 3.82. The van der Waals surface area contributed by atoms with Gasteiger partial charge in [-0.05, 0) is 31.9 Å². The summed E-state index contributed by atoms with van der Waals surface area (Å²) in [6, 6.07) is 8.19. The van der Waals surface area contributed by atoms with E-state index < -0.39 is 0 Å². The minimum absolute atomic E-state index is 0.226. The molecule has 0 saturated carbocycles. The fourth-order valence-corrected chi connectivity index (χ4v) is 2.97. The second-order valence-electron chi connectivity index (χ2n) is 5.90. The summed E-state index contributed by atoms with van der Waals surface area (Å²) in [5.74, 6) is 0.916. The average molecular weight is 315 g/mol. The first-order valence-electron chi connectivity index (χ1n) is 8.39. The van der Waals surface area contributed by atoms with Gasteiger partial charge in [0.2, 0.25) is 0 Å². The molecule has 0 unspecified atom stereocenters. The number of likely N-dealkylation sites (tertiary alicyclic amines) is 1. The average Bonchev–Trinajstić information content (AvgIpc) is 3.17. The molecule has 124 valence electrons. The van der Waals surface area contributed by atoms with E-state index >= 15 is 0 Å². The van der Waals surface area contributed by atoms with E-state index in [-0.39, 0.29) is 6.10 Å². The molecule has 2 heterocycles. The van der Waals surface area contributed by atoms with Crippen LogP contribution in [0.15, 0.2) is 35.6 Å². The summed E-state index contributed by atoms with van der Waals surface area (Å²) in [5.41, 5.74) is 2.21. The van der Waals surface area contributed by atoms with Crippen molar-refractivity contribution < 1.29 is 5.11 Å². The van der Waals surface area contributed by atoms with E-state index in [2.05, 4.69) is 32.8 Å². The summed E-state index contributed by atoms with van der Waals surface area (Å²) in [5, 5.41) is 13.0. The molecular formula is C17H25N5O. The first kappa shape index (κ1) is 15.8. The van der Waals surface area contributed by atoms with Crippen LogP contribution in [0.4, 0.5) is 0 Å². The molecule has 1 fully saturated rings. The van der Waals surface area contributed by atoms with Crippen molar-refractivity contribution in [3.05, 3.63) is 30.6 Å². The summed E-state index contributed by atoms with van der Waals surface area (Å²) in [7, 11) is 0. The van der Waals surface area contributed by atoms with Crippen LogP contribution in [0.3, 0.4) is 0 Å². The number of nitrogens with one attached hydrogen (secondary N) is 1. The molecule has 1 aliphatic rings. The van der Waals surface area contributed by atoms with Crippen LogP contribution < -0.4 is 5.32 Å². The molecule has 1 aromatic carbocycles. The van der Waals surface area contributed by atoms with E-state index in [0.717, 1.165) is 50.5 Å². The Morgan fingerprint density at radius 3 is 3.09 bits per heavy atom. The highest BCUT2D eigenvalue weighted by Gasteiger charge is 2.22. The van der Waals surface area contributed by atoms with Crippen LogP contribution in [0.25, 0.3) is 11.0 Å². The number of β-amino-alcohol motifs (C(OH)–C–C–N with tert-alkyl or cyclic N) is 1. The molecule has 1 aliphatic heterocycles.